The molecule has 9 heteroatoms. The first kappa shape index (κ1) is 64.0. The molecule has 0 heterocycles. The molecule has 0 saturated carbocycles. The number of quaternary nitrogens is 1. The number of unbranched alkanes of at least 4 members (excludes halogenated alkanes) is 36. The maximum atomic E-state index is 12.7. The van der Waals surface area contributed by atoms with E-state index >= 15 is 0 Å². The van der Waals surface area contributed by atoms with Gasteiger partial charge < -0.3 is 28.5 Å². The van der Waals surface area contributed by atoms with E-state index in [9.17, 15) is 19.5 Å². The van der Waals surface area contributed by atoms with Crippen LogP contribution in [0.2, 0.25) is 0 Å². The summed E-state index contributed by atoms with van der Waals surface area (Å²) < 4.78 is 22.8. The van der Waals surface area contributed by atoms with Gasteiger partial charge in [0.05, 0.1) is 34.4 Å². The number of likely N-dealkylation sites (N-methyl/N-ethyl adjacent to an activating group) is 1. The van der Waals surface area contributed by atoms with Crippen molar-refractivity contribution in [2.24, 2.45) is 0 Å². The van der Waals surface area contributed by atoms with Crippen molar-refractivity contribution in [3.8, 4) is 0 Å². The lowest BCUT2D eigenvalue weighted by Gasteiger charge is -2.25. The molecule has 0 fully saturated rings. The first-order chi connectivity index (χ1) is 32.1. The highest BCUT2D eigenvalue weighted by Crippen LogP contribution is 2.18. The summed E-state index contributed by atoms with van der Waals surface area (Å²) >= 11 is 0. The number of aliphatic carboxylic acids is 1. The average molecular weight is 938 g/mol. The summed E-state index contributed by atoms with van der Waals surface area (Å²) in [5.41, 5.74) is 0. The Morgan fingerprint density at radius 3 is 1.18 bits per heavy atom. The van der Waals surface area contributed by atoms with Crippen molar-refractivity contribution in [3.05, 3.63) is 12.2 Å². The van der Waals surface area contributed by atoms with E-state index in [1.165, 1.54) is 186 Å². The van der Waals surface area contributed by atoms with Gasteiger partial charge in [-0.05, 0) is 32.1 Å². The highest BCUT2D eigenvalue weighted by molar-refractivity contribution is 5.71. The van der Waals surface area contributed by atoms with Gasteiger partial charge in [-0.2, -0.15) is 0 Å². The molecule has 0 aliphatic rings. The van der Waals surface area contributed by atoms with Gasteiger partial charge in [-0.15, -0.1) is 0 Å². The summed E-state index contributed by atoms with van der Waals surface area (Å²) in [6.45, 7) is 4.84. The molecule has 0 saturated heterocycles. The molecule has 9 nitrogen and oxygen atoms in total. The second-order valence-corrected chi connectivity index (χ2v) is 20.6. The second kappa shape index (κ2) is 49.5. The Hall–Kier alpha value is -1.97. The summed E-state index contributed by atoms with van der Waals surface area (Å²) in [6, 6.07) is 0. The Morgan fingerprint density at radius 2 is 0.803 bits per heavy atom. The Kier molecular flexibility index (Phi) is 48.0. The maximum absolute atomic E-state index is 12.7. The molecule has 0 aromatic rings. The summed E-state index contributed by atoms with van der Waals surface area (Å²) in [6.07, 6.45) is 53.3. The van der Waals surface area contributed by atoms with Gasteiger partial charge >= 0.3 is 17.9 Å². The Bertz CT molecular complexity index is 1090. The van der Waals surface area contributed by atoms with E-state index in [0.717, 1.165) is 57.8 Å². The first-order valence-electron chi connectivity index (χ1n) is 28.4. The highest BCUT2D eigenvalue weighted by Gasteiger charge is 2.25. The molecule has 1 N–H and O–H groups in total. The molecule has 0 spiro atoms. The number of allylic oxidation sites excluding steroid dienone is 2. The van der Waals surface area contributed by atoms with Crippen LogP contribution in [0.15, 0.2) is 12.2 Å². The second-order valence-electron chi connectivity index (χ2n) is 20.6. The third-order valence-corrected chi connectivity index (χ3v) is 12.8. The van der Waals surface area contributed by atoms with Gasteiger partial charge in [0.25, 0.3) is 6.29 Å². The number of esters is 2. The lowest BCUT2D eigenvalue weighted by molar-refractivity contribution is -0.870. The number of ether oxygens (including phenoxy) is 4. The fourth-order valence-electron chi connectivity index (χ4n) is 8.37. The van der Waals surface area contributed by atoms with Crippen LogP contribution >= 0.6 is 0 Å². The third kappa shape index (κ3) is 49.9. The van der Waals surface area contributed by atoms with Gasteiger partial charge in [-0.1, -0.05) is 244 Å². The molecule has 0 amide bonds. The lowest BCUT2D eigenvalue weighted by Crippen LogP contribution is -2.40. The summed E-state index contributed by atoms with van der Waals surface area (Å²) in [5, 5.41) is 9.65. The van der Waals surface area contributed by atoms with Crippen LogP contribution in [-0.4, -0.2) is 87.4 Å². The van der Waals surface area contributed by atoms with Gasteiger partial charge in [0.15, 0.2) is 6.10 Å². The fraction of sp³-hybridized carbons (Fsp3) is 0.912. The number of rotatable bonds is 53. The van der Waals surface area contributed by atoms with E-state index in [-0.39, 0.29) is 32.2 Å². The molecule has 0 rings (SSSR count). The maximum Gasteiger partial charge on any atom is 0.361 e. The van der Waals surface area contributed by atoms with Crippen molar-refractivity contribution in [2.75, 3.05) is 47.5 Å². The largest absolute Gasteiger partial charge is 0.477 e. The zero-order valence-electron chi connectivity index (χ0n) is 44.4. The predicted octanol–water partition coefficient (Wildman–Crippen LogP) is 16.2. The predicted molar refractivity (Wildman–Crippen MR) is 277 cm³/mol. The minimum atomic E-state index is -1.51. The molecule has 2 unspecified atom stereocenters. The minimum Gasteiger partial charge on any atom is -0.477 e. The van der Waals surface area contributed by atoms with Gasteiger partial charge in [0.1, 0.15) is 13.2 Å². The summed E-state index contributed by atoms with van der Waals surface area (Å²) in [4.78, 5) is 37.2. The molecule has 2 atom stereocenters. The molecule has 0 aromatic heterocycles. The molecular weight excluding hydrogens is 827 g/mol. The Balaban J connectivity index is 3.96. The lowest BCUT2D eigenvalue weighted by atomic mass is 10.0. The van der Waals surface area contributed by atoms with Crippen LogP contribution in [0.4, 0.5) is 0 Å². The van der Waals surface area contributed by atoms with Crippen molar-refractivity contribution in [3.63, 3.8) is 0 Å². The van der Waals surface area contributed by atoms with E-state index in [2.05, 4.69) is 26.0 Å². The van der Waals surface area contributed by atoms with Crippen molar-refractivity contribution in [1.29, 1.82) is 0 Å². The molecule has 0 aromatic carbocycles. The number of carbonyl (C=O) groups is 3. The highest BCUT2D eigenvalue weighted by atomic mass is 16.7. The number of hydrogen-bond donors (Lipinski definition) is 1. The van der Waals surface area contributed by atoms with E-state index in [1.54, 1.807) is 0 Å². The molecule has 390 valence electrons. The molecule has 66 heavy (non-hydrogen) atoms. The fourth-order valence-corrected chi connectivity index (χ4v) is 8.37. The summed E-state index contributed by atoms with van der Waals surface area (Å²) in [5.74, 6) is -2.00. The van der Waals surface area contributed by atoms with Crippen molar-refractivity contribution in [2.45, 2.75) is 289 Å². The van der Waals surface area contributed by atoms with Gasteiger partial charge in [-0.25, -0.2) is 4.79 Å². The molecule has 0 aliphatic carbocycles. The van der Waals surface area contributed by atoms with E-state index in [1.807, 2.05) is 21.1 Å². The molecule has 0 bridgehead atoms. The third-order valence-electron chi connectivity index (χ3n) is 12.8. The number of nitrogens with zero attached hydrogens (tertiary/aromatic N) is 1. The van der Waals surface area contributed by atoms with Crippen LogP contribution in [-0.2, 0) is 33.3 Å². The van der Waals surface area contributed by atoms with Crippen molar-refractivity contribution >= 4 is 17.9 Å². The van der Waals surface area contributed by atoms with E-state index in [4.69, 9.17) is 18.9 Å². The average Bonchev–Trinajstić information content (AvgIpc) is 3.28. The van der Waals surface area contributed by atoms with Crippen molar-refractivity contribution in [1.82, 2.24) is 0 Å². The molecule has 0 radical (unpaired) electrons. The Labute approximate surface area is 408 Å². The SMILES string of the molecule is CCC/C=C\CCCCCCCC(=O)OC(COC(=O)CCCCCCCCCCCCCCCCCCCCCCCCCCCCCCCCC)COC(OCC[N+](C)(C)C)C(=O)O. The minimum absolute atomic E-state index is 0.180. The first-order valence-corrected chi connectivity index (χ1v) is 28.4. The standard InChI is InChI=1S/C57H109NO8/c1-6-8-10-12-14-16-18-19-20-21-22-23-24-25-26-27-28-29-30-31-32-33-34-35-36-37-38-40-41-43-45-47-54(59)64-51-53(52-65-57(56(61)62)63-50-49-58(3,4)5)66-55(60)48-46-44-42-39-17-15-13-11-9-7-2/h11,13,53,57H,6-10,12,14-52H2,1-5H3/p+1/b13-11-. The van der Waals surface area contributed by atoms with Gasteiger partial charge in [0.2, 0.25) is 0 Å². The number of carbonyl (C=O) groups excluding carboxylic acids is 2. The number of carboxylic acids is 1. The van der Waals surface area contributed by atoms with E-state index in [0.29, 0.717) is 23.9 Å². The molecule has 0 aliphatic heterocycles. The van der Waals surface area contributed by atoms with Crippen LogP contribution in [0.3, 0.4) is 0 Å². The quantitative estimate of drug-likeness (QED) is 0.0211. The van der Waals surface area contributed by atoms with Gasteiger partial charge in [-0.3, -0.25) is 9.59 Å². The molecular formula is C57H110NO8+. The zero-order chi connectivity index (χ0) is 48.4. The van der Waals surface area contributed by atoms with Crippen LogP contribution in [0.25, 0.3) is 0 Å². The van der Waals surface area contributed by atoms with Crippen LogP contribution in [0, 0.1) is 0 Å². The van der Waals surface area contributed by atoms with E-state index < -0.39 is 24.3 Å². The Morgan fingerprint density at radius 1 is 0.439 bits per heavy atom. The van der Waals surface area contributed by atoms with Crippen molar-refractivity contribution < 1.29 is 42.9 Å². The van der Waals surface area contributed by atoms with Crippen LogP contribution < -0.4 is 0 Å². The monoisotopic (exact) mass is 937 g/mol. The topological polar surface area (TPSA) is 108 Å². The van der Waals surface area contributed by atoms with Crippen LogP contribution in [0.5, 0.6) is 0 Å². The van der Waals surface area contributed by atoms with Crippen LogP contribution in [0.1, 0.15) is 277 Å². The zero-order valence-corrected chi connectivity index (χ0v) is 44.4. The smallest absolute Gasteiger partial charge is 0.361 e. The summed E-state index contributed by atoms with van der Waals surface area (Å²) in [7, 11) is 5.96. The number of carboxylic acid groups (broad SMARTS) is 1. The number of hydrogen-bond acceptors (Lipinski definition) is 7. The van der Waals surface area contributed by atoms with Gasteiger partial charge in [0, 0.05) is 12.8 Å². The normalized spacial score (nSPS) is 12.8.